The molecule has 0 aromatic carbocycles. The summed E-state index contributed by atoms with van der Waals surface area (Å²) in [5, 5.41) is 12.0. The van der Waals surface area contributed by atoms with Crippen LogP contribution in [0, 0.1) is 6.92 Å². The van der Waals surface area contributed by atoms with Gasteiger partial charge in [-0.3, -0.25) is 0 Å². The molecule has 106 valence electrons. The molecule has 2 heterocycles. The van der Waals surface area contributed by atoms with Gasteiger partial charge in [-0.2, -0.15) is 0 Å². The molecule has 0 atom stereocenters. The standard InChI is InChI=1S/C14H16N2O4/c1-3-19-13-5-4-11(8-16-13)15-7-10-6-12(14(17)18)20-9(10)2/h4-6,8,15H,3,7H2,1-2H3,(H,17,18). The van der Waals surface area contributed by atoms with Crippen LogP contribution in [0.1, 0.15) is 28.8 Å². The summed E-state index contributed by atoms with van der Waals surface area (Å²) in [5.74, 6) is 0.0469. The van der Waals surface area contributed by atoms with Crippen LogP contribution in [0.3, 0.4) is 0 Å². The minimum absolute atomic E-state index is 0.0517. The molecule has 0 bridgehead atoms. The average molecular weight is 276 g/mol. The minimum Gasteiger partial charge on any atom is -0.478 e. The van der Waals surface area contributed by atoms with Gasteiger partial charge in [0.1, 0.15) is 5.76 Å². The highest BCUT2D eigenvalue weighted by Gasteiger charge is 2.12. The number of aromatic nitrogens is 1. The highest BCUT2D eigenvalue weighted by molar-refractivity contribution is 5.84. The first-order valence-electron chi connectivity index (χ1n) is 6.25. The van der Waals surface area contributed by atoms with E-state index in [1.807, 2.05) is 13.0 Å². The van der Waals surface area contributed by atoms with E-state index in [4.69, 9.17) is 14.3 Å². The molecule has 0 amide bonds. The lowest BCUT2D eigenvalue weighted by atomic mass is 10.2. The number of carboxylic acids is 1. The number of furan rings is 1. The van der Waals surface area contributed by atoms with E-state index < -0.39 is 5.97 Å². The molecule has 0 aliphatic carbocycles. The van der Waals surface area contributed by atoms with E-state index in [9.17, 15) is 4.79 Å². The van der Waals surface area contributed by atoms with Crippen LogP contribution >= 0.6 is 0 Å². The lowest BCUT2D eigenvalue weighted by Gasteiger charge is -2.06. The van der Waals surface area contributed by atoms with Crippen molar-refractivity contribution in [1.82, 2.24) is 4.98 Å². The molecule has 20 heavy (non-hydrogen) atoms. The maximum absolute atomic E-state index is 10.8. The zero-order chi connectivity index (χ0) is 14.5. The zero-order valence-corrected chi connectivity index (χ0v) is 11.3. The number of ether oxygens (including phenoxy) is 1. The van der Waals surface area contributed by atoms with Crippen LogP contribution in [0.2, 0.25) is 0 Å². The van der Waals surface area contributed by atoms with Gasteiger partial charge in [-0.15, -0.1) is 0 Å². The van der Waals surface area contributed by atoms with E-state index >= 15 is 0 Å². The van der Waals surface area contributed by atoms with Crippen LogP contribution in [0.15, 0.2) is 28.8 Å². The maximum Gasteiger partial charge on any atom is 0.371 e. The highest BCUT2D eigenvalue weighted by atomic mass is 16.5. The van der Waals surface area contributed by atoms with Gasteiger partial charge in [0.15, 0.2) is 0 Å². The number of anilines is 1. The Balaban J connectivity index is 1.99. The first kappa shape index (κ1) is 13.9. The fourth-order valence-electron chi connectivity index (χ4n) is 1.72. The summed E-state index contributed by atoms with van der Waals surface area (Å²) in [6.45, 7) is 4.68. The second-order valence-electron chi connectivity index (χ2n) is 4.17. The molecule has 2 aromatic heterocycles. The molecule has 0 saturated carbocycles. The zero-order valence-electron chi connectivity index (χ0n) is 11.3. The molecule has 0 saturated heterocycles. The Morgan fingerprint density at radius 3 is 2.85 bits per heavy atom. The first-order chi connectivity index (χ1) is 9.60. The molecule has 0 spiro atoms. The van der Waals surface area contributed by atoms with Gasteiger partial charge in [0.25, 0.3) is 0 Å². The van der Waals surface area contributed by atoms with E-state index in [1.54, 1.807) is 19.2 Å². The van der Waals surface area contributed by atoms with Crippen LogP contribution in [0.5, 0.6) is 5.88 Å². The quantitative estimate of drug-likeness (QED) is 0.843. The molecule has 0 aliphatic rings. The molecule has 2 aromatic rings. The normalized spacial score (nSPS) is 10.3. The van der Waals surface area contributed by atoms with E-state index in [2.05, 4.69) is 10.3 Å². The number of carboxylic acid groups (broad SMARTS) is 1. The second kappa shape index (κ2) is 6.10. The summed E-state index contributed by atoms with van der Waals surface area (Å²) in [6, 6.07) is 5.15. The summed E-state index contributed by atoms with van der Waals surface area (Å²) < 4.78 is 10.4. The van der Waals surface area contributed by atoms with Crippen molar-refractivity contribution in [2.75, 3.05) is 11.9 Å². The van der Waals surface area contributed by atoms with Gasteiger partial charge in [-0.1, -0.05) is 0 Å². The van der Waals surface area contributed by atoms with Gasteiger partial charge >= 0.3 is 5.97 Å². The summed E-state index contributed by atoms with van der Waals surface area (Å²) in [7, 11) is 0. The summed E-state index contributed by atoms with van der Waals surface area (Å²) in [4.78, 5) is 14.9. The van der Waals surface area contributed by atoms with Crippen molar-refractivity contribution in [2.45, 2.75) is 20.4 Å². The van der Waals surface area contributed by atoms with Gasteiger partial charge in [0, 0.05) is 18.2 Å². The minimum atomic E-state index is -1.07. The summed E-state index contributed by atoms with van der Waals surface area (Å²) >= 11 is 0. The second-order valence-corrected chi connectivity index (χ2v) is 4.17. The lowest BCUT2D eigenvalue weighted by Crippen LogP contribution is -2.01. The number of rotatable bonds is 6. The van der Waals surface area contributed by atoms with Gasteiger partial charge in [-0.25, -0.2) is 9.78 Å². The number of pyridine rings is 1. The molecule has 0 aliphatic heterocycles. The van der Waals surface area contributed by atoms with E-state index in [1.165, 1.54) is 6.07 Å². The number of carbonyl (C=O) groups is 1. The molecule has 0 fully saturated rings. The van der Waals surface area contributed by atoms with Crippen molar-refractivity contribution in [3.8, 4) is 5.88 Å². The molecule has 0 radical (unpaired) electrons. The van der Waals surface area contributed by atoms with Crippen molar-refractivity contribution < 1.29 is 19.1 Å². The first-order valence-corrected chi connectivity index (χ1v) is 6.25. The van der Waals surface area contributed by atoms with Crippen molar-refractivity contribution >= 4 is 11.7 Å². The third-order valence-corrected chi connectivity index (χ3v) is 2.74. The number of hydrogen-bond donors (Lipinski definition) is 2. The fourth-order valence-corrected chi connectivity index (χ4v) is 1.72. The predicted molar refractivity (Wildman–Crippen MR) is 73.1 cm³/mol. The van der Waals surface area contributed by atoms with E-state index in [-0.39, 0.29) is 5.76 Å². The Labute approximate surface area is 116 Å². The molecule has 6 nitrogen and oxygen atoms in total. The Kier molecular flexibility index (Phi) is 4.24. The van der Waals surface area contributed by atoms with E-state index in [0.29, 0.717) is 24.8 Å². The number of nitrogens with zero attached hydrogens (tertiary/aromatic N) is 1. The SMILES string of the molecule is CCOc1ccc(NCc2cc(C(=O)O)oc2C)cn1. The number of nitrogens with one attached hydrogen (secondary N) is 1. The predicted octanol–water partition coefficient (Wildman–Crippen LogP) is 2.69. The van der Waals surface area contributed by atoms with Crippen LogP contribution in [-0.2, 0) is 6.54 Å². The lowest BCUT2D eigenvalue weighted by molar-refractivity contribution is 0.0661. The third kappa shape index (κ3) is 3.28. The Bertz CT molecular complexity index is 590. The fraction of sp³-hybridized carbons (Fsp3) is 0.286. The summed E-state index contributed by atoms with van der Waals surface area (Å²) in [6.07, 6.45) is 1.67. The van der Waals surface area contributed by atoms with E-state index in [0.717, 1.165) is 11.3 Å². The smallest absolute Gasteiger partial charge is 0.371 e. The third-order valence-electron chi connectivity index (χ3n) is 2.74. The molecular weight excluding hydrogens is 260 g/mol. The van der Waals surface area contributed by atoms with Crippen LogP contribution in [0.25, 0.3) is 0 Å². The Morgan fingerprint density at radius 1 is 1.50 bits per heavy atom. The highest BCUT2D eigenvalue weighted by Crippen LogP contribution is 2.17. The number of aromatic carboxylic acids is 1. The monoisotopic (exact) mass is 276 g/mol. The van der Waals surface area contributed by atoms with Gasteiger partial charge in [0.05, 0.1) is 18.5 Å². The van der Waals surface area contributed by atoms with Crippen molar-refractivity contribution in [3.05, 3.63) is 41.5 Å². The van der Waals surface area contributed by atoms with Gasteiger partial charge < -0.3 is 19.6 Å². The van der Waals surface area contributed by atoms with Crippen LogP contribution in [0.4, 0.5) is 5.69 Å². The van der Waals surface area contributed by atoms with Gasteiger partial charge in [0.2, 0.25) is 11.6 Å². The molecule has 0 unspecified atom stereocenters. The van der Waals surface area contributed by atoms with Crippen molar-refractivity contribution in [1.29, 1.82) is 0 Å². The van der Waals surface area contributed by atoms with Gasteiger partial charge in [-0.05, 0) is 26.0 Å². The number of aryl methyl sites for hydroxylation is 1. The Morgan fingerprint density at radius 2 is 2.30 bits per heavy atom. The molecule has 2 rings (SSSR count). The molecule has 6 heteroatoms. The van der Waals surface area contributed by atoms with Crippen LogP contribution in [-0.4, -0.2) is 22.7 Å². The Hall–Kier alpha value is -2.50. The average Bonchev–Trinajstić information content (AvgIpc) is 2.80. The maximum atomic E-state index is 10.8. The van der Waals surface area contributed by atoms with Crippen LogP contribution < -0.4 is 10.1 Å². The topological polar surface area (TPSA) is 84.6 Å². The van der Waals surface area contributed by atoms with Crippen molar-refractivity contribution in [3.63, 3.8) is 0 Å². The number of hydrogen-bond acceptors (Lipinski definition) is 5. The molecule has 2 N–H and O–H groups in total. The largest absolute Gasteiger partial charge is 0.478 e. The molecular formula is C14H16N2O4. The summed E-state index contributed by atoms with van der Waals surface area (Å²) in [5.41, 5.74) is 1.63. The van der Waals surface area contributed by atoms with Crippen molar-refractivity contribution in [2.24, 2.45) is 0 Å².